The van der Waals surface area contributed by atoms with Gasteiger partial charge in [0.25, 0.3) is 11.5 Å². The second-order valence-electron chi connectivity index (χ2n) is 9.40. The molecule has 1 aliphatic rings. The zero-order valence-corrected chi connectivity index (χ0v) is 19.6. The summed E-state index contributed by atoms with van der Waals surface area (Å²) in [6, 6.07) is 4.63. The van der Waals surface area contributed by atoms with E-state index < -0.39 is 59.0 Å². The van der Waals surface area contributed by atoms with Crippen LogP contribution in [0.1, 0.15) is 55.6 Å². The normalized spacial score (nSPS) is 22.3. The van der Waals surface area contributed by atoms with E-state index in [-0.39, 0.29) is 19.4 Å². The largest absolute Gasteiger partial charge is 0.444 e. The van der Waals surface area contributed by atoms with Gasteiger partial charge < -0.3 is 25.6 Å². The number of aromatic nitrogens is 2. The van der Waals surface area contributed by atoms with E-state index in [9.17, 15) is 33.8 Å². The van der Waals surface area contributed by atoms with Crippen molar-refractivity contribution in [3.63, 3.8) is 0 Å². The molecule has 1 aliphatic carbocycles. The fourth-order valence-corrected chi connectivity index (χ4v) is 3.84. The Balaban J connectivity index is 1.59. The van der Waals surface area contributed by atoms with E-state index in [1.54, 1.807) is 45.0 Å². The number of halogens is 1. The van der Waals surface area contributed by atoms with E-state index in [1.807, 2.05) is 4.98 Å². The van der Waals surface area contributed by atoms with E-state index in [2.05, 4.69) is 10.6 Å². The lowest BCUT2D eigenvalue weighted by molar-refractivity contribution is -0.0572. The zero-order chi connectivity index (χ0) is 25.9. The molecular formula is C23H29FN4O7. The number of rotatable bonds is 5. The summed E-state index contributed by atoms with van der Waals surface area (Å²) < 4.78 is 19.6. The molecule has 5 N–H and O–H groups in total. The maximum absolute atomic E-state index is 13.6. The fraction of sp³-hybridized carbons (Fsp3) is 0.478. The molecule has 2 amide bonds. The van der Waals surface area contributed by atoms with Crippen molar-refractivity contribution in [3.8, 4) is 0 Å². The van der Waals surface area contributed by atoms with Crippen LogP contribution in [-0.4, -0.2) is 55.6 Å². The molecule has 3 rings (SSSR count). The zero-order valence-electron chi connectivity index (χ0n) is 19.6. The van der Waals surface area contributed by atoms with Crippen molar-refractivity contribution in [1.29, 1.82) is 0 Å². The number of amides is 2. The highest BCUT2D eigenvalue weighted by atomic mass is 19.1. The van der Waals surface area contributed by atoms with Crippen LogP contribution in [0, 0.1) is 5.82 Å². The molecule has 0 unspecified atom stereocenters. The molecular weight excluding hydrogens is 463 g/mol. The van der Waals surface area contributed by atoms with Gasteiger partial charge in [-0.25, -0.2) is 9.59 Å². The van der Waals surface area contributed by atoms with Crippen molar-refractivity contribution in [3.05, 3.63) is 68.2 Å². The average Bonchev–Trinajstić information content (AvgIpc) is 2.77. The van der Waals surface area contributed by atoms with Crippen molar-refractivity contribution in [2.75, 3.05) is 0 Å². The Bertz CT molecular complexity index is 1190. The van der Waals surface area contributed by atoms with Crippen molar-refractivity contribution in [2.45, 2.75) is 70.1 Å². The highest BCUT2D eigenvalue weighted by molar-refractivity contribution is 5.94. The third-order valence-electron chi connectivity index (χ3n) is 5.58. The molecule has 35 heavy (non-hydrogen) atoms. The maximum Gasteiger partial charge on any atom is 0.407 e. The summed E-state index contributed by atoms with van der Waals surface area (Å²) in [7, 11) is 0. The Kier molecular flexibility index (Phi) is 7.76. The number of H-pyrrole nitrogens is 1. The quantitative estimate of drug-likeness (QED) is 0.407. The lowest BCUT2D eigenvalue weighted by Crippen LogP contribution is -2.55. The van der Waals surface area contributed by atoms with Gasteiger partial charge in [-0.05, 0) is 51.3 Å². The Morgan fingerprint density at radius 1 is 1.14 bits per heavy atom. The van der Waals surface area contributed by atoms with E-state index in [1.165, 1.54) is 0 Å². The summed E-state index contributed by atoms with van der Waals surface area (Å²) in [5.41, 5.74) is -1.66. The van der Waals surface area contributed by atoms with Gasteiger partial charge in [0, 0.05) is 12.1 Å². The van der Waals surface area contributed by atoms with Gasteiger partial charge in [0.1, 0.15) is 17.8 Å². The van der Waals surface area contributed by atoms with Crippen molar-refractivity contribution >= 4 is 12.0 Å². The van der Waals surface area contributed by atoms with Crippen molar-refractivity contribution < 1.29 is 28.9 Å². The SMILES string of the molecule is CC(C)(C)OC(=O)NCc1ccc(C(=O)N[C@@H]2CC[C@@H](n3cc(F)c(=O)[nH]c3=O)[C@@H](O)[C@@H]2O)cc1. The highest BCUT2D eigenvalue weighted by Crippen LogP contribution is 2.28. The summed E-state index contributed by atoms with van der Waals surface area (Å²) in [4.78, 5) is 49.5. The van der Waals surface area contributed by atoms with Gasteiger partial charge >= 0.3 is 11.8 Å². The van der Waals surface area contributed by atoms with E-state index >= 15 is 0 Å². The fourth-order valence-electron chi connectivity index (χ4n) is 3.84. The minimum atomic E-state index is -1.49. The summed E-state index contributed by atoms with van der Waals surface area (Å²) in [6.45, 7) is 5.47. The molecule has 1 fully saturated rings. The van der Waals surface area contributed by atoms with Crippen LogP contribution in [0.25, 0.3) is 0 Å². The maximum atomic E-state index is 13.6. The Morgan fingerprint density at radius 3 is 2.43 bits per heavy atom. The number of ether oxygens (including phenoxy) is 1. The number of hydrogen-bond acceptors (Lipinski definition) is 7. The molecule has 1 aromatic heterocycles. The van der Waals surface area contributed by atoms with E-state index in [4.69, 9.17) is 4.74 Å². The summed E-state index contributed by atoms with van der Waals surface area (Å²) in [5, 5.41) is 26.3. The molecule has 1 saturated carbocycles. The summed E-state index contributed by atoms with van der Waals surface area (Å²) in [5.74, 6) is -1.68. The van der Waals surface area contributed by atoms with Crippen LogP contribution in [0.5, 0.6) is 0 Å². The van der Waals surface area contributed by atoms with E-state index in [0.29, 0.717) is 11.8 Å². The van der Waals surface area contributed by atoms with Crippen LogP contribution >= 0.6 is 0 Å². The molecule has 11 nitrogen and oxygen atoms in total. The van der Waals surface area contributed by atoms with Crippen LogP contribution in [0.2, 0.25) is 0 Å². The predicted molar refractivity (Wildman–Crippen MR) is 122 cm³/mol. The molecule has 2 aromatic rings. The third kappa shape index (κ3) is 6.55. The first kappa shape index (κ1) is 26.1. The number of carbonyl (C=O) groups is 2. The molecule has 4 atom stereocenters. The number of aliphatic hydroxyl groups excluding tert-OH is 2. The Labute approximate surface area is 199 Å². The number of alkyl carbamates (subject to hydrolysis) is 1. The first-order valence-electron chi connectivity index (χ1n) is 11.1. The van der Waals surface area contributed by atoms with Crippen LogP contribution in [0.15, 0.2) is 40.1 Å². The molecule has 0 spiro atoms. The number of aromatic amines is 1. The van der Waals surface area contributed by atoms with Crippen LogP contribution in [-0.2, 0) is 11.3 Å². The standard InChI is InChI=1S/C23H29FN4O7/c1-23(2,3)35-22(34)25-10-12-4-6-13(7-5-12)19(31)26-15-8-9-16(18(30)17(15)29)28-11-14(24)20(32)27-21(28)33/h4-7,11,15-18,29-30H,8-10H2,1-3H3,(H,25,34)(H,26,31)(H,27,32,33)/t15-,16-,17-,18-/m1/s1. The van der Waals surface area contributed by atoms with Crippen LogP contribution in [0.4, 0.5) is 9.18 Å². The topological polar surface area (TPSA) is 163 Å². The predicted octanol–water partition coefficient (Wildman–Crippen LogP) is 0.556. The minimum Gasteiger partial charge on any atom is -0.444 e. The minimum absolute atomic E-state index is 0.143. The monoisotopic (exact) mass is 492 g/mol. The van der Waals surface area contributed by atoms with Crippen molar-refractivity contribution in [1.82, 2.24) is 20.2 Å². The number of nitrogens with zero attached hydrogens (tertiary/aromatic N) is 1. The molecule has 0 bridgehead atoms. The molecule has 0 aliphatic heterocycles. The second kappa shape index (κ2) is 10.4. The second-order valence-corrected chi connectivity index (χ2v) is 9.40. The lowest BCUT2D eigenvalue weighted by atomic mass is 9.85. The number of benzene rings is 1. The highest BCUT2D eigenvalue weighted by Gasteiger charge is 2.39. The van der Waals surface area contributed by atoms with Gasteiger partial charge in [0.15, 0.2) is 0 Å². The molecule has 0 radical (unpaired) electrons. The first-order chi connectivity index (χ1) is 16.4. The van der Waals surface area contributed by atoms with Gasteiger partial charge in [0.05, 0.1) is 18.3 Å². The molecule has 1 aromatic carbocycles. The van der Waals surface area contributed by atoms with E-state index in [0.717, 1.165) is 10.1 Å². The first-order valence-corrected chi connectivity index (χ1v) is 11.1. The molecule has 12 heteroatoms. The van der Waals surface area contributed by atoms with Gasteiger partial charge in [-0.3, -0.25) is 19.1 Å². The number of aliphatic hydroxyl groups is 2. The summed E-state index contributed by atoms with van der Waals surface area (Å²) >= 11 is 0. The number of nitrogens with one attached hydrogen (secondary N) is 3. The number of carbonyl (C=O) groups excluding carboxylic acids is 2. The molecule has 0 saturated heterocycles. The van der Waals surface area contributed by atoms with Gasteiger partial charge in [0.2, 0.25) is 5.82 Å². The molecule has 1 heterocycles. The smallest absolute Gasteiger partial charge is 0.407 e. The van der Waals surface area contributed by atoms with Crippen LogP contribution in [0.3, 0.4) is 0 Å². The third-order valence-corrected chi connectivity index (χ3v) is 5.58. The Morgan fingerprint density at radius 2 is 1.80 bits per heavy atom. The molecule has 190 valence electrons. The van der Waals surface area contributed by atoms with Gasteiger partial charge in [-0.15, -0.1) is 0 Å². The lowest BCUT2D eigenvalue weighted by Gasteiger charge is -2.38. The average molecular weight is 493 g/mol. The van der Waals surface area contributed by atoms with Crippen LogP contribution < -0.4 is 21.9 Å². The Hall–Kier alpha value is -3.51. The van der Waals surface area contributed by atoms with Gasteiger partial charge in [-0.2, -0.15) is 4.39 Å². The summed E-state index contributed by atoms with van der Waals surface area (Å²) in [6.07, 6.45) is -2.45. The number of hydrogen-bond donors (Lipinski definition) is 5. The van der Waals surface area contributed by atoms with Gasteiger partial charge in [-0.1, -0.05) is 12.1 Å². The van der Waals surface area contributed by atoms with Crippen molar-refractivity contribution in [2.24, 2.45) is 0 Å².